The van der Waals surface area contributed by atoms with Crippen LogP contribution in [0.1, 0.15) is 0 Å². The predicted octanol–water partition coefficient (Wildman–Crippen LogP) is 5.73. The van der Waals surface area contributed by atoms with E-state index in [0.29, 0.717) is 17.3 Å². The number of nitrogens with zero attached hydrogens (tertiary/aromatic N) is 3. The van der Waals surface area contributed by atoms with Gasteiger partial charge in [-0.15, -0.1) is 0 Å². The quantitative estimate of drug-likeness (QED) is 0.328. The molecule has 0 atom stereocenters. The maximum atomic E-state index is 6.39. The van der Waals surface area contributed by atoms with E-state index in [1.165, 1.54) is 6.33 Å². The van der Waals surface area contributed by atoms with Crippen molar-refractivity contribution >= 4 is 50.3 Å². The number of hydrogen-bond donors (Lipinski definition) is 3. The molecule has 29 heavy (non-hydrogen) atoms. The van der Waals surface area contributed by atoms with Gasteiger partial charge in [0.1, 0.15) is 12.0 Å². The molecule has 1 aromatic heterocycles. The van der Waals surface area contributed by atoms with E-state index in [-0.39, 0.29) is 0 Å². The van der Waals surface area contributed by atoms with Gasteiger partial charge in [-0.3, -0.25) is 10.4 Å². The summed E-state index contributed by atoms with van der Waals surface area (Å²) >= 11 is 3.53. The van der Waals surface area contributed by atoms with Gasteiger partial charge in [-0.05, 0) is 52.3 Å². The van der Waals surface area contributed by atoms with E-state index in [0.717, 1.165) is 21.5 Å². The minimum absolute atomic E-state index is 0.417. The normalized spacial score (nSPS) is 10.4. The van der Waals surface area contributed by atoms with Crippen molar-refractivity contribution in [3.63, 3.8) is 0 Å². The molecule has 4 N–H and O–H groups in total. The van der Waals surface area contributed by atoms with Gasteiger partial charge in [0.2, 0.25) is 0 Å². The zero-order valence-corrected chi connectivity index (χ0v) is 17.0. The predicted molar refractivity (Wildman–Crippen MR) is 123 cm³/mol. The van der Waals surface area contributed by atoms with Crippen LogP contribution in [0.2, 0.25) is 0 Å². The van der Waals surface area contributed by atoms with Crippen molar-refractivity contribution in [3.05, 3.63) is 95.7 Å². The minimum Gasteiger partial charge on any atom is -0.393 e. The van der Waals surface area contributed by atoms with Crippen LogP contribution in [0.4, 0.5) is 34.4 Å². The Labute approximate surface area is 177 Å². The minimum atomic E-state index is 0.417. The maximum Gasteiger partial charge on any atom is 0.173 e. The van der Waals surface area contributed by atoms with Gasteiger partial charge in [-0.2, -0.15) is 0 Å². The highest BCUT2D eigenvalue weighted by atomic mass is 79.9. The lowest BCUT2D eigenvalue weighted by Gasteiger charge is -2.26. The molecular weight excluding hydrogens is 428 g/mol. The van der Waals surface area contributed by atoms with E-state index in [4.69, 9.17) is 5.73 Å². The van der Waals surface area contributed by atoms with Crippen LogP contribution in [0.25, 0.3) is 0 Å². The lowest BCUT2D eigenvalue weighted by Crippen LogP contribution is -2.26. The molecule has 1 heterocycles. The SMILES string of the molecule is Nc1c(Nc2ccccc2Br)ncnc1NN(c1ccccc1)c1ccccc1. The van der Waals surface area contributed by atoms with Crippen LogP contribution in [-0.2, 0) is 0 Å². The highest BCUT2D eigenvalue weighted by Gasteiger charge is 2.14. The van der Waals surface area contributed by atoms with Crippen LogP contribution in [0.15, 0.2) is 95.7 Å². The lowest BCUT2D eigenvalue weighted by molar-refractivity contribution is 1.09. The number of hydrazine groups is 1. The number of hydrogen-bond acceptors (Lipinski definition) is 6. The van der Waals surface area contributed by atoms with Gasteiger partial charge in [0.05, 0.1) is 17.1 Å². The van der Waals surface area contributed by atoms with Crippen molar-refractivity contribution in [1.82, 2.24) is 9.97 Å². The first-order valence-corrected chi connectivity index (χ1v) is 9.80. The number of nitrogen functional groups attached to an aromatic ring is 1. The number of nitrogens with one attached hydrogen (secondary N) is 2. The van der Waals surface area contributed by atoms with Crippen LogP contribution in [-0.4, -0.2) is 9.97 Å². The average Bonchev–Trinajstić information content (AvgIpc) is 2.77. The summed E-state index contributed by atoms with van der Waals surface area (Å²) in [5, 5.41) is 5.18. The molecule has 0 amide bonds. The molecule has 144 valence electrons. The molecule has 4 aromatic rings. The molecule has 3 aromatic carbocycles. The van der Waals surface area contributed by atoms with Gasteiger partial charge in [0.15, 0.2) is 11.6 Å². The summed E-state index contributed by atoms with van der Waals surface area (Å²) in [6.45, 7) is 0. The first-order chi connectivity index (χ1) is 14.2. The number of anilines is 6. The van der Waals surface area contributed by atoms with Crippen molar-refractivity contribution in [2.75, 3.05) is 21.5 Å². The summed E-state index contributed by atoms with van der Waals surface area (Å²) in [7, 11) is 0. The van der Waals surface area contributed by atoms with Gasteiger partial charge < -0.3 is 11.1 Å². The number of nitrogens with two attached hydrogens (primary N) is 1. The monoisotopic (exact) mass is 446 g/mol. The first-order valence-electron chi connectivity index (χ1n) is 9.01. The Morgan fingerprint density at radius 1 is 0.724 bits per heavy atom. The molecule has 0 saturated carbocycles. The number of para-hydroxylation sites is 3. The van der Waals surface area contributed by atoms with E-state index in [9.17, 15) is 0 Å². The second-order valence-corrected chi connectivity index (χ2v) is 7.06. The standard InChI is InChI=1S/C22H19BrN6/c23-18-13-7-8-14-19(18)27-21-20(24)22(26-15-25-21)28-29(16-9-3-1-4-10-16)17-11-5-2-6-12-17/h1-15H,24H2,(H2,25,26,27,28). The van der Waals surface area contributed by atoms with Gasteiger partial charge in [0.25, 0.3) is 0 Å². The number of rotatable bonds is 6. The molecular formula is C22H19BrN6. The molecule has 0 aliphatic heterocycles. The second-order valence-electron chi connectivity index (χ2n) is 6.21. The maximum absolute atomic E-state index is 6.39. The molecule has 0 aliphatic rings. The van der Waals surface area contributed by atoms with Crippen molar-refractivity contribution in [1.29, 1.82) is 0 Å². The van der Waals surface area contributed by atoms with E-state index < -0.39 is 0 Å². The number of benzene rings is 3. The zero-order valence-electron chi connectivity index (χ0n) is 15.5. The fourth-order valence-corrected chi connectivity index (χ4v) is 3.20. The zero-order chi connectivity index (χ0) is 20.1. The molecule has 4 rings (SSSR count). The van der Waals surface area contributed by atoms with Crippen LogP contribution in [0.3, 0.4) is 0 Å². The molecule has 0 fully saturated rings. The first kappa shape index (κ1) is 18.8. The van der Waals surface area contributed by atoms with Gasteiger partial charge >= 0.3 is 0 Å². The fraction of sp³-hybridized carbons (Fsp3) is 0. The summed E-state index contributed by atoms with van der Waals surface area (Å²) in [6.07, 6.45) is 1.48. The van der Waals surface area contributed by atoms with E-state index in [2.05, 4.69) is 36.6 Å². The van der Waals surface area contributed by atoms with Crippen LogP contribution >= 0.6 is 15.9 Å². The van der Waals surface area contributed by atoms with E-state index in [1.54, 1.807) is 0 Å². The van der Waals surface area contributed by atoms with Crippen LogP contribution < -0.4 is 21.5 Å². The summed E-state index contributed by atoms with van der Waals surface area (Å²) in [4.78, 5) is 8.65. The summed E-state index contributed by atoms with van der Waals surface area (Å²) in [5.74, 6) is 1.03. The molecule has 0 saturated heterocycles. The van der Waals surface area contributed by atoms with Crippen molar-refractivity contribution in [3.8, 4) is 0 Å². The Bertz CT molecular complexity index is 1050. The highest BCUT2D eigenvalue weighted by Crippen LogP contribution is 2.32. The Morgan fingerprint density at radius 2 is 1.28 bits per heavy atom. The van der Waals surface area contributed by atoms with Crippen LogP contribution in [0.5, 0.6) is 0 Å². The molecule has 0 unspecified atom stereocenters. The third-order valence-corrected chi connectivity index (χ3v) is 4.95. The lowest BCUT2D eigenvalue weighted by atomic mass is 10.2. The Kier molecular flexibility index (Phi) is 5.58. The second kappa shape index (κ2) is 8.62. The third kappa shape index (κ3) is 4.30. The number of halogens is 1. The molecule has 7 heteroatoms. The number of aromatic nitrogens is 2. The summed E-state index contributed by atoms with van der Waals surface area (Å²) in [6, 6.07) is 27.7. The van der Waals surface area contributed by atoms with Crippen molar-refractivity contribution in [2.24, 2.45) is 0 Å². The highest BCUT2D eigenvalue weighted by molar-refractivity contribution is 9.10. The summed E-state index contributed by atoms with van der Waals surface area (Å²) in [5.41, 5.74) is 12.9. The average molecular weight is 447 g/mol. The van der Waals surface area contributed by atoms with Crippen LogP contribution in [0, 0.1) is 0 Å². The van der Waals surface area contributed by atoms with Gasteiger partial charge in [-0.25, -0.2) is 9.97 Å². The topological polar surface area (TPSA) is 79.1 Å². The Balaban J connectivity index is 1.67. The summed E-state index contributed by atoms with van der Waals surface area (Å²) < 4.78 is 0.919. The third-order valence-electron chi connectivity index (χ3n) is 4.26. The fourth-order valence-electron chi connectivity index (χ4n) is 2.81. The van der Waals surface area contributed by atoms with E-state index >= 15 is 0 Å². The molecule has 0 bridgehead atoms. The Hall–Kier alpha value is -3.58. The molecule has 0 radical (unpaired) electrons. The molecule has 0 aliphatic carbocycles. The van der Waals surface area contributed by atoms with E-state index in [1.807, 2.05) is 89.9 Å². The van der Waals surface area contributed by atoms with Gasteiger partial charge in [0, 0.05) is 4.47 Å². The van der Waals surface area contributed by atoms with Crippen molar-refractivity contribution in [2.45, 2.75) is 0 Å². The smallest absolute Gasteiger partial charge is 0.173 e. The Morgan fingerprint density at radius 3 is 1.90 bits per heavy atom. The van der Waals surface area contributed by atoms with Crippen molar-refractivity contribution < 1.29 is 0 Å². The molecule has 0 spiro atoms. The molecule has 6 nitrogen and oxygen atoms in total. The van der Waals surface area contributed by atoms with Gasteiger partial charge in [-0.1, -0.05) is 48.5 Å². The largest absolute Gasteiger partial charge is 0.393 e.